The third kappa shape index (κ3) is 4.48. The predicted octanol–water partition coefficient (Wildman–Crippen LogP) is 5.74. The summed E-state index contributed by atoms with van der Waals surface area (Å²) in [7, 11) is 0. The van der Waals surface area contributed by atoms with Gasteiger partial charge in [-0.3, -0.25) is 19.2 Å². The SMILES string of the molecule is C[C@@H]1C=CC[C@H]2C(=O)N(N(CC(=O)c3ccc(Cl)cc3Cl)C(=O)c3ccc(Cl)cc3Cl)C(=O)[C@@H]12. The highest BCUT2D eigenvalue weighted by molar-refractivity contribution is 6.37. The van der Waals surface area contributed by atoms with Crippen LogP contribution in [0.2, 0.25) is 20.1 Å². The smallest absolute Gasteiger partial charge is 0.274 e. The van der Waals surface area contributed by atoms with Crippen LogP contribution in [0.25, 0.3) is 0 Å². The number of halogens is 4. The van der Waals surface area contributed by atoms with Crippen molar-refractivity contribution in [2.45, 2.75) is 13.3 Å². The lowest BCUT2D eigenvalue weighted by atomic mass is 9.78. The average molecular weight is 540 g/mol. The maximum Gasteiger partial charge on any atom is 0.274 e. The molecule has 6 nitrogen and oxygen atoms in total. The van der Waals surface area contributed by atoms with E-state index in [-0.39, 0.29) is 27.1 Å². The summed E-state index contributed by atoms with van der Waals surface area (Å²) in [5.74, 6) is -3.89. The molecule has 0 N–H and O–H groups in total. The molecule has 0 spiro atoms. The summed E-state index contributed by atoms with van der Waals surface area (Å²) in [4.78, 5) is 53.4. The third-order valence-electron chi connectivity index (χ3n) is 6.01. The number of rotatable bonds is 5. The number of carbonyl (C=O) groups excluding carboxylic acids is 4. The number of imide groups is 1. The molecule has 3 amide bonds. The number of nitrogens with zero attached hydrogens (tertiary/aromatic N) is 2. The van der Waals surface area contributed by atoms with Crippen LogP contribution in [-0.4, -0.2) is 40.1 Å². The van der Waals surface area contributed by atoms with E-state index in [1.54, 1.807) is 0 Å². The Labute approximate surface area is 216 Å². The molecule has 1 saturated heterocycles. The van der Waals surface area contributed by atoms with Gasteiger partial charge in [0.2, 0.25) is 0 Å². The maximum atomic E-state index is 13.6. The summed E-state index contributed by atoms with van der Waals surface area (Å²) >= 11 is 24.3. The molecular formula is C24H18Cl4N2O4. The van der Waals surface area contributed by atoms with E-state index in [0.717, 1.165) is 10.0 Å². The van der Waals surface area contributed by atoms with Crippen molar-refractivity contribution in [3.63, 3.8) is 0 Å². The topological polar surface area (TPSA) is 74.8 Å². The Kier molecular flexibility index (Phi) is 7.06. The molecule has 3 atom stereocenters. The van der Waals surface area contributed by atoms with Crippen molar-refractivity contribution in [2.24, 2.45) is 17.8 Å². The summed E-state index contributed by atoms with van der Waals surface area (Å²) in [5, 5.41) is 2.37. The number of ketones is 1. The van der Waals surface area contributed by atoms with Crippen LogP contribution in [0.3, 0.4) is 0 Å². The largest absolute Gasteiger partial charge is 0.292 e. The van der Waals surface area contributed by atoms with E-state index in [1.807, 2.05) is 19.1 Å². The fourth-order valence-corrected chi connectivity index (χ4v) is 5.34. The lowest BCUT2D eigenvalue weighted by molar-refractivity contribution is -0.154. The minimum absolute atomic E-state index is 0.0114. The van der Waals surface area contributed by atoms with Crippen LogP contribution in [0, 0.1) is 17.8 Å². The first-order valence-electron chi connectivity index (χ1n) is 10.4. The summed E-state index contributed by atoms with van der Waals surface area (Å²) in [6, 6.07) is 8.50. The molecule has 1 aliphatic heterocycles. The van der Waals surface area contributed by atoms with Crippen molar-refractivity contribution in [3.8, 4) is 0 Å². The first-order valence-corrected chi connectivity index (χ1v) is 11.9. The van der Waals surface area contributed by atoms with Gasteiger partial charge in [0.05, 0.1) is 27.4 Å². The van der Waals surface area contributed by atoms with E-state index < -0.39 is 41.9 Å². The van der Waals surface area contributed by atoms with E-state index >= 15 is 0 Å². The molecule has 2 aliphatic rings. The Morgan fingerprint density at radius 3 is 2.09 bits per heavy atom. The molecule has 4 rings (SSSR count). The Morgan fingerprint density at radius 2 is 1.53 bits per heavy atom. The van der Waals surface area contributed by atoms with Gasteiger partial charge in [-0.1, -0.05) is 65.5 Å². The van der Waals surface area contributed by atoms with Gasteiger partial charge in [0, 0.05) is 15.6 Å². The number of amides is 3. The average Bonchev–Trinajstić information content (AvgIpc) is 3.02. The second kappa shape index (κ2) is 9.70. The van der Waals surface area contributed by atoms with Gasteiger partial charge in [-0.15, -0.1) is 0 Å². The van der Waals surface area contributed by atoms with Gasteiger partial charge >= 0.3 is 0 Å². The van der Waals surface area contributed by atoms with Crippen LogP contribution in [0.4, 0.5) is 0 Å². The summed E-state index contributed by atoms with van der Waals surface area (Å²) < 4.78 is 0. The second-order valence-electron chi connectivity index (χ2n) is 8.18. The predicted molar refractivity (Wildman–Crippen MR) is 130 cm³/mol. The number of carbonyl (C=O) groups is 4. The van der Waals surface area contributed by atoms with Crippen LogP contribution < -0.4 is 0 Å². The standard InChI is InChI=1S/C24H18Cl4N2O4/c1-12-3-2-4-17-21(12)24(34)30(23(17)33)29(22(32)16-8-6-14(26)10-19(16)28)11-20(31)15-7-5-13(25)9-18(15)27/h2-3,5-10,12,17,21H,4,11H2,1H3/t12-,17-,21+/m1/s1. The van der Waals surface area contributed by atoms with E-state index in [1.165, 1.54) is 36.4 Å². The van der Waals surface area contributed by atoms with E-state index in [2.05, 4.69) is 0 Å². The van der Waals surface area contributed by atoms with Gasteiger partial charge in [0.15, 0.2) is 5.78 Å². The van der Waals surface area contributed by atoms with Crippen molar-refractivity contribution >= 4 is 69.9 Å². The van der Waals surface area contributed by atoms with Crippen molar-refractivity contribution in [3.05, 3.63) is 79.8 Å². The van der Waals surface area contributed by atoms with Gasteiger partial charge in [0.25, 0.3) is 17.7 Å². The minimum atomic E-state index is -0.791. The fourth-order valence-electron chi connectivity index (χ4n) is 4.34. The van der Waals surface area contributed by atoms with E-state index in [0.29, 0.717) is 16.5 Å². The normalized spacial score (nSPS) is 21.6. The highest BCUT2D eigenvalue weighted by atomic mass is 35.5. The van der Waals surface area contributed by atoms with Crippen LogP contribution in [0.1, 0.15) is 34.1 Å². The van der Waals surface area contributed by atoms with Gasteiger partial charge in [-0.25, -0.2) is 5.01 Å². The first-order chi connectivity index (χ1) is 16.1. The monoisotopic (exact) mass is 538 g/mol. The molecule has 0 unspecified atom stereocenters. The molecule has 0 bridgehead atoms. The summed E-state index contributed by atoms with van der Waals surface area (Å²) in [6.07, 6.45) is 4.09. The molecule has 0 saturated carbocycles. The lowest BCUT2D eigenvalue weighted by Crippen LogP contribution is -2.52. The summed E-state index contributed by atoms with van der Waals surface area (Å²) in [5.41, 5.74) is 0.0836. The summed E-state index contributed by atoms with van der Waals surface area (Å²) in [6.45, 7) is 1.22. The number of fused-ring (bicyclic) bond motifs is 1. The minimum Gasteiger partial charge on any atom is -0.292 e. The zero-order chi connectivity index (χ0) is 24.7. The van der Waals surface area contributed by atoms with Crippen LogP contribution in [0.15, 0.2) is 48.6 Å². The molecule has 1 aliphatic carbocycles. The van der Waals surface area contributed by atoms with Crippen molar-refractivity contribution in [1.29, 1.82) is 0 Å². The van der Waals surface area contributed by atoms with E-state index in [4.69, 9.17) is 46.4 Å². The Balaban J connectivity index is 1.75. The quantitative estimate of drug-likeness (QED) is 0.276. The number of hydrazine groups is 1. The van der Waals surface area contributed by atoms with E-state index in [9.17, 15) is 19.2 Å². The third-order valence-corrected chi connectivity index (χ3v) is 7.11. The molecule has 34 heavy (non-hydrogen) atoms. The van der Waals surface area contributed by atoms with Gasteiger partial charge in [0.1, 0.15) is 6.54 Å². The number of allylic oxidation sites excluding steroid dienone is 2. The Morgan fingerprint density at radius 1 is 0.941 bits per heavy atom. The lowest BCUT2D eigenvalue weighted by Gasteiger charge is -2.30. The van der Waals surface area contributed by atoms with Gasteiger partial charge < -0.3 is 0 Å². The number of hydrogen-bond donors (Lipinski definition) is 0. The molecule has 0 aromatic heterocycles. The van der Waals surface area contributed by atoms with Crippen molar-refractivity contribution in [2.75, 3.05) is 6.54 Å². The molecule has 176 valence electrons. The van der Waals surface area contributed by atoms with Gasteiger partial charge in [-0.05, 0) is 48.7 Å². The first kappa shape index (κ1) is 24.7. The molecular weight excluding hydrogens is 522 g/mol. The van der Waals surface area contributed by atoms with Crippen LogP contribution in [-0.2, 0) is 9.59 Å². The molecule has 2 aromatic rings. The zero-order valence-corrected chi connectivity index (χ0v) is 20.8. The van der Waals surface area contributed by atoms with Crippen LogP contribution in [0.5, 0.6) is 0 Å². The molecule has 1 fully saturated rings. The molecule has 10 heteroatoms. The number of Topliss-reactive ketones (excluding diaryl/α,β-unsaturated/α-hetero) is 1. The molecule has 2 aromatic carbocycles. The molecule has 0 radical (unpaired) electrons. The zero-order valence-electron chi connectivity index (χ0n) is 17.8. The van der Waals surface area contributed by atoms with Crippen LogP contribution >= 0.6 is 46.4 Å². The van der Waals surface area contributed by atoms with Gasteiger partial charge in [-0.2, -0.15) is 5.01 Å². The highest BCUT2D eigenvalue weighted by Crippen LogP contribution is 2.39. The van der Waals surface area contributed by atoms with Crippen molar-refractivity contribution < 1.29 is 19.2 Å². The fraction of sp³-hybridized carbons (Fsp3) is 0.250. The second-order valence-corrected chi connectivity index (χ2v) is 9.87. The highest BCUT2D eigenvalue weighted by Gasteiger charge is 2.53. The maximum absolute atomic E-state index is 13.6. The van der Waals surface area contributed by atoms with Crippen molar-refractivity contribution in [1.82, 2.24) is 10.0 Å². The number of hydrogen-bond acceptors (Lipinski definition) is 4. The Hall–Kier alpha value is -2.38. The number of benzene rings is 2. The Bertz CT molecular complexity index is 1250. The molecule has 1 heterocycles.